The third-order valence-electron chi connectivity index (χ3n) is 1.87. The van der Waals surface area contributed by atoms with Crippen LogP contribution in [0.15, 0.2) is 36.5 Å². The fourth-order valence-electron chi connectivity index (χ4n) is 1.17. The van der Waals surface area contributed by atoms with Crippen molar-refractivity contribution in [2.24, 2.45) is 0 Å². The predicted octanol–water partition coefficient (Wildman–Crippen LogP) is 3.81. The van der Waals surface area contributed by atoms with Gasteiger partial charge in [-0.05, 0) is 46.4 Å². The summed E-state index contributed by atoms with van der Waals surface area (Å²) in [6.07, 6.45) is 4.52. The van der Waals surface area contributed by atoms with Crippen LogP contribution in [0.1, 0.15) is 0 Å². The molecule has 0 aliphatic rings. The predicted molar refractivity (Wildman–Crippen MR) is 66.2 cm³/mol. The molecular formula is C11H6ClIN. The van der Waals surface area contributed by atoms with Gasteiger partial charge >= 0.3 is 0 Å². The first-order valence-electron chi connectivity index (χ1n) is 4.05. The van der Waals surface area contributed by atoms with Crippen LogP contribution in [0.5, 0.6) is 0 Å². The Bertz CT molecular complexity index is 442. The minimum absolute atomic E-state index is 0.774. The van der Waals surface area contributed by atoms with Gasteiger partial charge in [0.25, 0.3) is 0 Å². The highest BCUT2D eigenvalue weighted by Crippen LogP contribution is 2.25. The molecule has 2 rings (SSSR count). The van der Waals surface area contributed by atoms with Crippen molar-refractivity contribution in [3.05, 3.63) is 51.3 Å². The van der Waals surface area contributed by atoms with Crippen LogP contribution >= 0.6 is 34.2 Å². The zero-order chi connectivity index (χ0) is 9.97. The number of benzene rings is 1. The first kappa shape index (κ1) is 9.93. The molecule has 0 saturated heterocycles. The van der Waals surface area contributed by atoms with Crippen LogP contribution < -0.4 is 0 Å². The molecule has 0 spiro atoms. The zero-order valence-corrected chi connectivity index (χ0v) is 10.1. The van der Waals surface area contributed by atoms with Crippen molar-refractivity contribution in [3.63, 3.8) is 0 Å². The molecule has 0 atom stereocenters. The number of rotatable bonds is 1. The summed E-state index contributed by atoms with van der Waals surface area (Å²) in [7, 11) is 0. The topological polar surface area (TPSA) is 12.9 Å². The first-order chi connectivity index (χ1) is 6.77. The van der Waals surface area contributed by atoms with Crippen molar-refractivity contribution in [2.75, 3.05) is 0 Å². The molecule has 1 radical (unpaired) electrons. The first-order valence-corrected chi connectivity index (χ1v) is 5.50. The van der Waals surface area contributed by atoms with Gasteiger partial charge < -0.3 is 0 Å². The van der Waals surface area contributed by atoms with Crippen LogP contribution in [0, 0.1) is 9.77 Å². The van der Waals surface area contributed by atoms with Gasteiger partial charge in [-0.2, -0.15) is 0 Å². The van der Waals surface area contributed by atoms with Crippen molar-refractivity contribution in [2.45, 2.75) is 0 Å². The lowest BCUT2D eigenvalue weighted by Gasteiger charge is -2.02. The molecule has 1 aromatic carbocycles. The highest BCUT2D eigenvalue weighted by molar-refractivity contribution is 14.1. The van der Waals surface area contributed by atoms with Crippen LogP contribution in [0.3, 0.4) is 0 Å². The lowest BCUT2D eigenvalue weighted by atomic mass is 10.1. The molecule has 0 fully saturated rings. The van der Waals surface area contributed by atoms with Crippen molar-refractivity contribution < 1.29 is 0 Å². The Hall–Kier alpha value is -0.610. The normalized spacial score (nSPS) is 10.1. The molecule has 3 heteroatoms. The van der Waals surface area contributed by atoms with E-state index in [9.17, 15) is 0 Å². The molecule has 0 unspecified atom stereocenters. The summed E-state index contributed by atoms with van der Waals surface area (Å²) in [4.78, 5) is 3.94. The fraction of sp³-hybridized carbons (Fsp3) is 0. The molecule has 0 N–H and O–H groups in total. The van der Waals surface area contributed by atoms with Crippen LogP contribution in [-0.4, -0.2) is 4.98 Å². The number of halogens is 2. The SMILES string of the molecule is Clc1cc(-c2cc[c]nc2)ccc1I. The minimum Gasteiger partial charge on any atom is -0.254 e. The largest absolute Gasteiger partial charge is 0.254 e. The minimum atomic E-state index is 0.774. The highest BCUT2D eigenvalue weighted by atomic mass is 127. The highest BCUT2D eigenvalue weighted by Gasteiger charge is 2.00. The number of hydrogen-bond donors (Lipinski definition) is 0. The van der Waals surface area contributed by atoms with E-state index >= 15 is 0 Å². The average molecular weight is 315 g/mol. The van der Waals surface area contributed by atoms with Gasteiger partial charge in [0.1, 0.15) is 0 Å². The Morgan fingerprint density at radius 3 is 2.71 bits per heavy atom. The molecule has 0 amide bonds. The van der Waals surface area contributed by atoms with Crippen LogP contribution in [0.25, 0.3) is 11.1 Å². The second-order valence-electron chi connectivity index (χ2n) is 2.80. The summed E-state index contributed by atoms with van der Waals surface area (Å²) >= 11 is 8.23. The molecule has 0 aliphatic carbocycles. The van der Waals surface area contributed by atoms with Gasteiger partial charge in [-0.3, -0.25) is 4.98 Å². The maximum atomic E-state index is 6.03. The molecule has 69 valence electrons. The molecule has 0 bridgehead atoms. The van der Waals surface area contributed by atoms with E-state index in [1.54, 1.807) is 12.3 Å². The zero-order valence-electron chi connectivity index (χ0n) is 7.17. The second kappa shape index (κ2) is 4.28. The van der Waals surface area contributed by atoms with Crippen molar-refractivity contribution >= 4 is 34.2 Å². The molecular weight excluding hydrogens is 308 g/mol. The molecule has 2 aromatic rings. The molecule has 1 aromatic heterocycles. The monoisotopic (exact) mass is 314 g/mol. The molecule has 0 saturated carbocycles. The van der Waals surface area contributed by atoms with Crippen molar-refractivity contribution in [1.29, 1.82) is 0 Å². The average Bonchev–Trinajstić information content (AvgIpc) is 2.23. The van der Waals surface area contributed by atoms with Crippen LogP contribution in [0.2, 0.25) is 5.02 Å². The number of pyridine rings is 1. The number of hydrogen-bond acceptors (Lipinski definition) is 1. The Labute approximate surface area is 101 Å². The van der Waals surface area contributed by atoms with Gasteiger partial charge in [0.15, 0.2) is 0 Å². The summed E-state index contributed by atoms with van der Waals surface area (Å²) < 4.78 is 1.06. The van der Waals surface area contributed by atoms with E-state index in [-0.39, 0.29) is 0 Å². The maximum Gasteiger partial charge on any atom is 0.0886 e. The van der Waals surface area contributed by atoms with Gasteiger partial charge in [0.2, 0.25) is 0 Å². The van der Waals surface area contributed by atoms with Gasteiger partial charge in [-0.15, -0.1) is 0 Å². The van der Waals surface area contributed by atoms with Crippen molar-refractivity contribution in [3.8, 4) is 11.1 Å². The van der Waals surface area contributed by atoms with Gasteiger partial charge in [-0.25, -0.2) is 0 Å². The van der Waals surface area contributed by atoms with Crippen LogP contribution in [0.4, 0.5) is 0 Å². The molecule has 1 heterocycles. The molecule has 0 aliphatic heterocycles. The van der Waals surface area contributed by atoms with E-state index in [1.165, 1.54) is 0 Å². The Kier molecular flexibility index (Phi) is 3.03. The van der Waals surface area contributed by atoms with E-state index in [0.717, 1.165) is 19.7 Å². The Morgan fingerprint density at radius 2 is 2.07 bits per heavy atom. The van der Waals surface area contributed by atoms with Gasteiger partial charge in [-0.1, -0.05) is 23.7 Å². The summed E-state index contributed by atoms with van der Waals surface area (Å²) in [5.41, 5.74) is 2.14. The number of nitrogens with zero attached hydrogens (tertiary/aromatic N) is 1. The van der Waals surface area contributed by atoms with Gasteiger partial charge in [0, 0.05) is 15.3 Å². The van der Waals surface area contributed by atoms with E-state index in [1.807, 2.05) is 24.3 Å². The standard InChI is InChI=1S/C11H6ClIN/c12-10-6-8(3-4-11(10)13)9-2-1-5-14-7-9/h1-4,6-7H. The Morgan fingerprint density at radius 1 is 1.21 bits per heavy atom. The lowest BCUT2D eigenvalue weighted by molar-refractivity contribution is 1.31. The third-order valence-corrected chi connectivity index (χ3v) is 3.44. The van der Waals surface area contributed by atoms with Crippen molar-refractivity contribution in [1.82, 2.24) is 4.98 Å². The summed E-state index contributed by atoms with van der Waals surface area (Å²) in [6.45, 7) is 0. The third kappa shape index (κ3) is 2.07. The maximum absolute atomic E-state index is 6.03. The fourth-order valence-corrected chi connectivity index (χ4v) is 1.68. The van der Waals surface area contributed by atoms with Crippen LogP contribution in [-0.2, 0) is 0 Å². The second-order valence-corrected chi connectivity index (χ2v) is 4.37. The van der Waals surface area contributed by atoms with E-state index in [0.29, 0.717) is 0 Å². The summed E-state index contributed by atoms with van der Waals surface area (Å²) in [5, 5.41) is 0.774. The van der Waals surface area contributed by atoms with E-state index in [2.05, 4.69) is 33.8 Å². The van der Waals surface area contributed by atoms with E-state index < -0.39 is 0 Å². The molecule has 1 nitrogen and oxygen atoms in total. The van der Waals surface area contributed by atoms with Gasteiger partial charge in [0.05, 0.1) is 11.2 Å². The summed E-state index contributed by atoms with van der Waals surface area (Å²) in [5.74, 6) is 0. The molecule has 14 heavy (non-hydrogen) atoms. The Balaban J connectivity index is 2.48. The smallest absolute Gasteiger partial charge is 0.0886 e. The summed E-state index contributed by atoms with van der Waals surface area (Å²) in [6, 6.07) is 9.73. The lowest BCUT2D eigenvalue weighted by Crippen LogP contribution is -1.81. The van der Waals surface area contributed by atoms with E-state index in [4.69, 9.17) is 11.6 Å². The number of aromatic nitrogens is 1. The quantitative estimate of drug-likeness (QED) is 0.730.